The van der Waals surface area contributed by atoms with Gasteiger partial charge in [0.1, 0.15) is 0 Å². The van der Waals surface area contributed by atoms with Gasteiger partial charge in [-0.3, -0.25) is 0 Å². The molecule has 0 spiro atoms. The van der Waals surface area contributed by atoms with Crippen molar-refractivity contribution < 1.29 is 14.2 Å². The monoisotopic (exact) mass is 513 g/mol. The third-order valence-electron chi connectivity index (χ3n) is 4.17. The first-order chi connectivity index (χ1) is 13.7. The predicted molar refractivity (Wildman–Crippen MR) is 128 cm³/mol. The zero-order chi connectivity index (χ0) is 20.2. The maximum absolute atomic E-state index is 5.43. The summed E-state index contributed by atoms with van der Waals surface area (Å²) >= 11 is 0. The summed E-state index contributed by atoms with van der Waals surface area (Å²) in [4.78, 5) is 4.67. The predicted octanol–water partition coefficient (Wildman–Crippen LogP) is 4.11. The molecule has 2 rings (SSSR count). The Bertz CT molecular complexity index is 751. The van der Waals surface area contributed by atoms with Crippen LogP contribution in [0.4, 0.5) is 0 Å². The Labute approximate surface area is 191 Å². The lowest BCUT2D eigenvalue weighted by Crippen LogP contribution is -2.36. The first-order valence-electron chi connectivity index (χ1n) is 9.58. The van der Waals surface area contributed by atoms with E-state index in [1.54, 1.807) is 14.2 Å². The number of ether oxygens (including phenoxy) is 3. The first-order valence-corrected chi connectivity index (χ1v) is 9.58. The number of nitrogens with one attached hydrogen (secondary N) is 2. The van der Waals surface area contributed by atoms with E-state index in [-0.39, 0.29) is 24.0 Å². The number of hydrogen-bond donors (Lipinski definition) is 2. The molecule has 2 N–H and O–H groups in total. The molecule has 7 heteroatoms. The van der Waals surface area contributed by atoms with Gasteiger partial charge in [0.2, 0.25) is 0 Å². The number of rotatable bonds is 10. The maximum atomic E-state index is 5.43. The van der Waals surface area contributed by atoms with Gasteiger partial charge in [-0.25, -0.2) is 4.99 Å². The summed E-state index contributed by atoms with van der Waals surface area (Å²) in [6.07, 6.45) is 0. The zero-order valence-corrected chi connectivity index (χ0v) is 20.0. The van der Waals surface area contributed by atoms with Crippen molar-refractivity contribution in [3.05, 3.63) is 59.2 Å². The van der Waals surface area contributed by atoms with Crippen LogP contribution in [0.15, 0.2) is 47.5 Å². The minimum absolute atomic E-state index is 0. The summed E-state index contributed by atoms with van der Waals surface area (Å²) in [5.41, 5.74) is 3.42. The van der Waals surface area contributed by atoms with Gasteiger partial charge >= 0.3 is 0 Å². The highest BCUT2D eigenvalue weighted by molar-refractivity contribution is 14.0. The molecule has 6 nitrogen and oxygen atoms in total. The van der Waals surface area contributed by atoms with Gasteiger partial charge in [0, 0.05) is 19.7 Å². The van der Waals surface area contributed by atoms with Gasteiger partial charge in [0.05, 0.1) is 27.4 Å². The van der Waals surface area contributed by atoms with E-state index in [4.69, 9.17) is 14.2 Å². The number of benzene rings is 2. The van der Waals surface area contributed by atoms with Crippen LogP contribution < -0.4 is 20.1 Å². The summed E-state index contributed by atoms with van der Waals surface area (Å²) < 4.78 is 16.1. The van der Waals surface area contributed by atoms with E-state index >= 15 is 0 Å². The highest BCUT2D eigenvalue weighted by Crippen LogP contribution is 2.27. The summed E-state index contributed by atoms with van der Waals surface area (Å²) in [6, 6.07) is 14.3. The molecule has 0 aliphatic carbocycles. The Kier molecular flexibility index (Phi) is 12.1. The summed E-state index contributed by atoms with van der Waals surface area (Å²) in [7, 11) is 3.27. The van der Waals surface area contributed by atoms with Crippen molar-refractivity contribution in [2.24, 2.45) is 4.99 Å². The Balaban J connectivity index is 0.00000420. The van der Waals surface area contributed by atoms with E-state index in [1.165, 1.54) is 11.1 Å². The second kappa shape index (κ2) is 14.1. The van der Waals surface area contributed by atoms with E-state index in [9.17, 15) is 0 Å². The number of guanidine groups is 1. The van der Waals surface area contributed by atoms with E-state index in [1.807, 2.05) is 25.1 Å². The summed E-state index contributed by atoms with van der Waals surface area (Å²) in [6.45, 7) is 7.48. The number of halogens is 1. The molecule has 0 saturated heterocycles. The van der Waals surface area contributed by atoms with Gasteiger partial charge in [-0.2, -0.15) is 0 Å². The molecule has 0 unspecified atom stereocenters. The standard InChI is InChI=1S/C22H31N3O3.HI/c1-5-23-22(24-14-17-7-9-18(10-8-17)16-28-6-2)25-15-19-11-12-20(26-3)21(13-19)27-4;/h7-13H,5-6,14-16H2,1-4H3,(H2,23,24,25);1H. The Morgan fingerprint density at radius 3 is 2.14 bits per heavy atom. The molecule has 0 heterocycles. The number of nitrogens with zero attached hydrogens (tertiary/aromatic N) is 1. The molecule has 0 fully saturated rings. The van der Waals surface area contributed by atoms with Crippen LogP contribution in [-0.4, -0.2) is 33.3 Å². The van der Waals surface area contributed by atoms with Crippen molar-refractivity contribution in [2.75, 3.05) is 27.4 Å². The second-order valence-electron chi connectivity index (χ2n) is 6.19. The van der Waals surface area contributed by atoms with Crippen molar-refractivity contribution in [1.29, 1.82) is 0 Å². The van der Waals surface area contributed by atoms with Crippen LogP contribution >= 0.6 is 24.0 Å². The topological polar surface area (TPSA) is 64.1 Å². The van der Waals surface area contributed by atoms with E-state index in [0.29, 0.717) is 31.2 Å². The molecule has 160 valence electrons. The first kappa shape index (κ1) is 25.0. The average Bonchev–Trinajstić information content (AvgIpc) is 2.74. The molecule has 0 saturated carbocycles. The van der Waals surface area contributed by atoms with Gasteiger partial charge in [-0.05, 0) is 42.7 Å². The van der Waals surface area contributed by atoms with Crippen LogP contribution in [0.5, 0.6) is 11.5 Å². The van der Waals surface area contributed by atoms with Crippen molar-refractivity contribution in [3.63, 3.8) is 0 Å². The number of aliphatic imine (C=N–C) groups is 1. The van der Waals surface area contributed by atoms with Gasteiger partial charge in [0.15, 0.2) is 17.5 Å². The fourth-order valence-electron chi connectivity index (χ4n) is 2.65. The molecule has 0 radical (unpaired) electrons. The third kappa shape index (κ3) is 8.49. The molecule has 0 amide bonds. The molecule has 2 aromatic rings. The van der Waals surface area contributed by atoms with Gasteiger partial charge in [-0.1, -0.05) is 30.3 Å². The summed E-state index contributed by atoms with van der Waals surface area (Å²) in [5.74, 6) is 2.20. The summed E-state index contributed by atoms with van der Waals surface area (Å²) in [5, 5.41) is 6.65. The SMILES string of the molecule is CCNC(=NCc1ccc(OC)c(OC)c1)NCc1ccc(COCC)cc1.I. The van der Waals surface area contributed by atoms with Crippen molar-refractivity contribution >= 4 is 29.9 Å². The molecular weight excluding hydrogens is 481 g/mol. The van der Waals surface area contributed by atoms with Crippen LogP contribution in [0.3, 0.4) is 0 Å². The van der Waals surface area contributed by atoms with Crippen LogP contribution in [0.1, 0.15) is 30.5 Å². The van der Waals surface area contributed by atoms with Gasteiger partial charge in [0.25, 0.3) is 0 Å². The van der Waals surface area contributed by atoms with Crippen LogP contribution in [0, 0.1) is 0 Å². The molecule has 29 heavy (non-hydrogen) atoms. The zero-order valence-electron chi connectivity index (χ0n) is 17.7. The van der Waals surface area contributed by atoms with Crippen molar-refractivity contribution in [2.45, 2.75) is 33.5 Å². The molecule has 0 aliphatic rings. The lowest BCUT2D eigenvalue weighted by molar-refractivity contribution is 0.134. The smallest absolute Gasteiger partial charge is 0.191 e. The molecule has 2 aromatic carbocycles. The largest absolute Gasteiger partial charge is 0.493 e. The van der Waals surface area contributed by atoms with Crippen molar-refractivity contribution in [3.8, 4) is 11.5 Å². The normalized spacial score (nSPS) is 10.8. The lowest BCUT2D eigenvalue weighted by atomic mass is 10.1. The van der Waals surface area contributed by atoms with E-state index < -0.39 is 0 Å². The number of methoxy groups -OCH3 is 2. The molecule has 0 atom stereocenters. The maximum Gasteiger partial charge on any atom is 0.191 e. The highest BCUT2D eigenvalue weighted by atomic mass is 127. The molecular formula is C22H32IN3O3. The van der Waals surface area contributed by atoms with Gasteiger partial charge in [-0.15, -0.1) is 24.0 Å². The fourth-order valence-corrected chi connectivity index (χ4v) is 2.65. The minimum atomic E-state index is 0. The Morgan fingerprint density at radius 1 is 0.862 bits per heavy atom. The fraction of sp³-hybridized carbons (Fsp3) is 0.409. The van der Waals surface area contributed by atoms with Crippen molar-refractivity contribution in [1.82, 2.24) is 10.6 Å². The highest BCUT2D eigenvalue weighted by Gasteiger charge is 2.05. The lowest BCUT2D eigenvalue weighted by Gasteiger charge is -2.12. The Morgan fingerprint density at radius 2 is 1.52 bits per heavy atom. The molecule has 0 aliphatic heterocycles. The van der Waals surface area contributed by atoms with Crippen LogP contribution in [0.25, 0.3) is 0 Å². The molecule has 0 bridgehead atoms. The second-order valence-corrected chi connectivity index (χ2v) is 6.19. The van der Waals surface area contributed by atoms with E-state index in [2.05, 4.69) is 46.8 Å². The van der Waals surface area contributed by atoms with E-state index in [0.717, 1.165) is 24.7 Å². The minimum Gasteiger partial charge on any atom is -0.493 e. The average molecular weight is 513 g/mol. The Hall–Kier alpha value is -2.00. The quantitative estimate of drug-likeness (QED) is 0.285. The third-order valence-corrected chi connectivity index (χ3v) is 4.17. The van der Waals surface area contributed by atoms with Crippen LogP contribution in [0.2, 0.25) is 0 Å². The molecule has 0 aromatic heterocycles. The number of hydrogen-bond acceptors (Lipinski definition) is 4. The van der Waals surface area contributed by atoms with Gasteiger partial charge < -0.3 is 24.8 Å². The van der Waals surface area contributed by atoms with Crippen LogP contribution in [-0.2, 0) is 24.4 Å².